The van der Waals surface area contributed by atoms with Gasteiger partial charge in [-0.15, -0.1) is 0 Å². The average molecular weight is 732 g/mol. The highest BCUT2D eigenvalue weighted by atomic mass is 16.3. The van der Waals surface area contributed by atoms with Gasteiger partial charge in [-0.2, -0.15) is 0 Å². The second-order valence-electron chi connectivity index (χ2n) is 14.3. The predicted octanol–water partition coefficient (Wildman–Crippen LogP) is 13.9. The Morgan fingerprint density at radius 1 is 0.263 bits per heavy atom. The van der Waals surface area contributed by atoms with Gasteiger partial charge in [0.15, 0.2) is 17.5 Å². The molecule has 8 aromatic carbocycles. The lowest BCUT2D eigenvalue weighted by molar-refractivity contribution is 0.668. The predicted molar refractivity (Wildman–Crippen MR) is 229 cm³/mol. The minimum atomic E-state index is 0.581. The van der Waals surface area contributed by atoms with Crippen molar-refractivity contribution in [2.45, 2.75) is 0 Å². The van der Waals surface area contributed by atoms with Crippen LogP contribution in [0.5, 0.6) is 0 Å². The summed E-state index contributed by atoms with van der Waals surface area (Å²) in [6.07, 6.45) is 0. The van der Waals surface area contributed by atoms with Crippen molar-refractivity contribution in [2.24, 2.45) is 0 Å². The quantitative estimate of drug-likeness (QED) is 0.175. The zero-order chi connectivity index (χ0) is 37.5. The molecule has 6 heteroatoms. The van der Waals surface area contributed by atoms with Crippen molar-refractivity contribution in [1.82, 2.24) is 15.0 Å². The van der Waals surface area contributed by atoms with E-state index in [2.05, 4.69) is 78.9 Å². The van der Waals surface area contributed by atoms with Gasteiger partial charge in [-0.05, 0) is 70.8 Å². The third kappa shape index (κ3) is 5.01. The fraction of sp³-hybridized carbons (Fsp3) is 0. The van der Waals surface area contributed by atoms with E-state index in [0.717, 1.165) is 105 Å². The van der Waals surface area contributed by atoms with Gasteiger partial charge in [0.05, 0.1) is 0 Å². The van der Waals surface area contributed by atoms with Crippen molar-refractivity contribution in [3.63, 3.8) is 0 Å². The van der Waals surface area contributed by atoms with Crippen LogP contribution < -0.4 is 0 Å². The van der Waals surface area contributed by atoms with Crippen LogP contribution in [0.25, 0.3) is 122 Å². The van der Waals surface area contributed by atoms with E-state index >= 15 is 0 Å². The molecule has 4 heterocycles. The first-order valence-corrected chi connectivity index (χ1v) is 18.9. The lowest BCUT2D eigenvalue weighted by atomic mass is 9.95. The van der Waals surface area contributed by atoms with Crippen LogP contribution in [0.4, 0.5) is 0 Å². The molecule has 0 radical (unpaired) electrons. The van der Waals surface area contributed by atoms with E-state index in [-0.39, 0.29) is 0 Å². The Bertz CT molecular complexity index is 3470. The number of rotatable bonds is 5. The van der Waals surface area contributed by atoms with Crippen LogP contribution in [0.15, 0.2) is 189 Å². The van der Waals surface area contributed by atoms with E-state index in [0.29, 0.717) is 17.5 Å². The molecule has 0 fully saturated rings. The molecule has 0 aliphatic carbocycles. The largest absolute Gasteiger partial charge is 0.456 e. The van der Waals surface area contributed by atoms with Gasteiger partial charge in [0.2, 0.25) is 0 Å². The fourth-order valence-corrected chi connectivity index (χ4v) is 8.36. The maximum absolute atomic E-state index is 6.50. The molecule has 12 aromatic rings. The summed E-state index contributed by atoms with van der Waals surface area (Å²) in [4.78, 5) is 15.1. The monoisotopic (exact) mass is 731 g/mol. The molecule has 0 aliphatic heterocycles. The van der Waals surface area contributed by atoms with Crippen molar-refractivity contribution >= 4 is 65.8 Å². The Balaban J connectivity index is 1.05. The van der Waals surface area contributed by atoms with Crippen LogP contribution in [0.2, 0.25) is 0 Å². The van der Waals surface area contributed by atoms with Gasteiger partial charge in [-0.1, -0.05) is 127 Å². The molecule has 57 heavy (non-hydrogen) atoms. The van der Waals surface area contributed by atoms with Crippen molar-refractivity contribution in [3.8, 4) is 56.4 Å². The van der Waals surface area contributed by atoms with Crippen molar-refractivity contribution in [1.29, 1.82) is 0 Å². The van der Waals surface area contributed by atoms with Gasteiger partial charge in [0.1, 0.15) is 33.5 Å². The zero-order valence-electron chi connectivity index (χ0n) is 30.3. The molecule has 0 bridgehead atoms. The number of fused-ring (bicyclic) bond motifs is 9. The van der Waals surface area contributed by atoms with Gasteiger partial charge in [-0.3, -0.25) is 0 Å². The molecule has 0 N–H and O–H groups in total. The first-order valence-electron chi connectivity index (χ1n) is 18.9. The smallest absolute Gasteiger partial charge is 0.164 e. The number of hydrogen-bond donors (Lipinski definition) is 0. The standard InChI is InChI=1S/C51H29N3O3/c1-3-12-30(13-4-1)49-52-50(31-14-5-2-6-15-31)54-51(53-49)37-19-11-23-45-48(37)39-29-33(25-27-42(39)57-45)35-18-10-22-44-47(35)38-28-32(24-26-41(38)56-44)34-17-9-21-43-46(34)36-16-7-8-20-40(36)55-43/h1-29H. The molecule has 6 nitrogen and oxygen atoms in total. The van der Waals surface area contributed by atoms with Crippen LogP contribution in [-0.4, -0.2) is 15.0 Å². The Kier molecular flexibility index (Phi) is 6.83. The first-order chi connectivity index (χ1) is 28.2. The van der Waals surface area contributed by atoms with E-state index in [9.17, 15) is 0 Å². The topological polar surface area (TPSA) is 78.1 Å². The Labute approximate surface area is 325 Å². The molecular formula is C51H29N3O3. The maximum atomic E-state index is 6.50. The van der Waals surface area contributed by atoms with Crippen molar-refractivity contribution < 1.29 is 13.3 Å². The summed E-state index contributed by atoms with van der Waals surface area (Å²) in [6.45, 7) is 0. The number of benzene rings is 8. The molecule has 0 spiro atoms. The van der Waals surface area contributed by atoms with E-state index in [1.54, 1.807) is 0 Å². The zero-order valence-corrected chi connectivity index (χ0v) is 30.3. The van der Waals surface area contributed by atoms with E-state index < -0.39 is 0 Å². The molecule has 0 unspecified atom stereocenters. The highest BCUT2D eigenvalue weighted by Gasteiger charge is 2.20. The lowest BCUT2D eigenvalue weighted by Gasteiger charge is -2.09. The molecule has 0 aliphatic rings. The molecule has 0 saturated heterocycles. The Hall–Kier alpha value is -7.83. The summed E-state index contributed by atoms with van der Waals surface area (Å²) in [6, 6.07) is 59.8. The summed E-state index contributed by atoms with van der Waals surface area (Å²) in [5.41, 5.74) is 12.0. The third-order valence-corrected chi connectivity index (χ3v) is 11.0. The number of hydrogen-bond acceptors (Lipinski definition) is 6. The number of nitrogens with zero attached hydrogens (tertiary/aromatic N) is 3. The normalized spacial score (nSPS) is 11.9. The first kappa shape index (κ1) is 31.5. The molecule has 266 valence electrons. The van der Waals surface area contributed by atoms with Crippen LogP contribution >= 0.6 is 0 Å². The molecular weight excluding hydrogens is 703 g/mol. The van der Waals surface area contributed by atoms with Crippen molar-refractivity contribution in [2.75, 3.05) is 0 Å². The van der Waals surface area contributed by atoms with Gasteiger partial charge in [-0.25, -0.2) is 15.0 Å². The number of para-hydroxylation sites is 1. The average Bonchev–Trinajstić information content (AvgIpc) is 3.97. The van der Waals surface area contributed by atoms with E-state index in [4.69, 9.17) is 28.2 Å². The maximum Gasteiger partial charge on any atom is 0.164 e. The SMILES string of the molecule is c1ccc(-c2nc(-c3ccccc3)nc(-c3cccc4oc5ccc(-c6cccc7oc8ccc(-c9cccc%10oc%11ccccc%11c9%10)cc8c67)cc5c34)n2)cc1. The number of aromatic nitrogens is 3. The summed E-state index contributed by atoms with van der Waals surface area (Å²) < 4.78 is 19.3. The van der Waals surface area contributed by atoms with Crippen LogP contribution in [0.3, 0.4) is 0 Å². The van der Waals surface area contributed by atoms with Crippen LogP contribution in [0.1, 0.15) is 0 Å². The van der Waals surface area contributed by atoms with E-state index in [1.807, 2.05) is 97.1 Å². The highest BCUT2D eigenvalue weighted by molar-refractivity contribution is 6.18. The van der Waals surface area contributed by atoms with Gasteiger partial charge in [0, 0.05) is 49.0 Å². The molecule has 0 saturated carbocycles. The van der Waals surface area contributed by atoms with Gasteiger partial charge >= 0.3 is 0 Å². The van der Waals surface area contributed by atoms with Gasteiger partial charge in [0.25, 0.3) is 0 Å². The number of furan rings is 3. The molecule has 0 amide bonds. The highest BCUT2D eigenvalue weighted by Crippen LogP contribution is 2.43. The minimum absolute atomic E-state index is 0.581. The van der Waals surface area contributed by atoms with E-state index in [1.165, 1.54) is 0 Å². The fourth-order valence-electron chi connectivity index (χ4n) is 8.36. The summed E-state index contributed by atoms with van der Waals surface area (Å²) in [5, 5.41) is 6.25. The second-order valence-corrected chi connectivity index (χ2v) is 14.3. The van der Waals surface area contributed by atoms with Crippen LogP contribution in [-0.2, 0) is 0 Å². The van der Waals surface area contributed by atoms with Crippen LogP contribution in [0, 0.1) is 0 Å². The Morgan fingerprint density at radius 2 is 0.667 bits per heavy atom. The Morgan fingerprint density at radius 3 is 1.21 bits per heavy atom. The summed E-state index contributed by atoms with van der Waals surface area (Å²) >= 11 is 0. The van der Waals surface area contributed by atoms with Crippen molar-refractivity contribution in [3.05, 3.63) is 176 Å². The minimum Gasteiger partial charge on any atom is -0.456 e. The third-order valence-electron chi connectivity index (χ3n) is 11.0. The molecule has 12 rings (SSSR count). The summed E-state index contributed by atoms with van der Waals surface area (Å²) in [5.74, 6) is 1.80. The molecule has 0 atom stereocenters. The van der Waals surface area contributed by atoms with Gasteiger partial charge < -0.3 is 13.3 Å². The second kappa shape index (κ2) is 12.3. The summed E-state index contributed by atoms with van der Waals surface area (Å²) in [7, 11) is 0. The lowest BCUT2D eigenvalue weighted by Crippen LogP contribution is -2.00. The molecule has 4 aromatic heterocycles.